The van der Waals surface area contributed by atoms with E-state index >= 15 is 0 Å². The molecule has 1 aliphatic heterocycles. The quantitative estimate of drug-likeness (QED) is 0.583. The number of amides is 2. The van der Waals surface area contributed by atoms with Gasteiger partial charge in [-0.2, -0.15) is 0 Å². The molecule has 0 unspecified atom stereocenters. The first-order chi connectivity index (χ1) is 16.5. The van der Waals surface area contributed by atoms with Crippen LogP contribution in [0.25, 0.3) is 0 Å². The first-order valence-electron chi connectivity index (χ1n) is 11.3. The van der Waals surface area contributed by atoms with Gasteiger partial charge in [0.1, 0.15) is 11.9 Å². The molecular formula is C24H32N4O6S. The molecule has 1 aromatic carbocycles. The number of ether oxygens (including phenoxy) is 1. The molecule has 0 spiro atoms. The van der Waals surface area contributed by atoms with Crippen LogP contribution in [0.15, 0.2) is 42.7 Å². The fourth-order valence-corrected chi connectivity index (χ4v) is 4.24. The zero-order valence-electron chi connectivity index (χ0n) is 20.3. The van der Waals surface area contributed by atoms with E-state index in [9.17, 15) is 23.1 Å². The Labute approximate surface area is 206 Å². The number of fused-ring (bicyclic) bond motifs is 1. The molecule has 1 aromatic heterocycles. The largest absolute Gasteiger partial charge is 0.488 e. The van der Waals surface area contributed by atoms with Gasteiger partial charge in [-0.3, -0.25) is 14.6 Å². The third kappa shape index (κ3) is 6.77. The first kappa shape index (κ1) is 26.6. The van der Waals surface area contributed by atoms with Gasteiger partial charge in [0.2, 0.25) is 15.9 Å². The molecule has 0 aliphatic carbocycles. The van der Waals surface area contributed by atoms with Crippen molar-refractivity contribution >= 4 is 27.5 Å². The third-order valence-corrected chi connectivity index (χ3v) is 7.40. The minimum absolute atomic E-state index is 0.00000350. The summed E-state index contributed by atoms with van der Waals surface area (Å²) in [6, 6.07) is 7.80. The summed E-state index contributed by atoms with van der Waals surface area (Å²) in [5.74, 6) is -0.302. The lowest BCUT2D eigenvalue weighted by atomic mass is 10.0. The minimum Gasteiger partial charge on any atom is -0.488 e. The second-order valence-corrected chi connectivity index (χ2v) is 11.0. The molecule has 2 N–H and O–H groups in total. The molecule has 0 saturated carbocycles. The van der Waals surface area contributed by atoms with E-state index in [-0.39, 0.29) is 37.3 Å². The Morgan fingerprint density at radius 3 is 2.63 bits per heavy atom. The lowest BCUT2D eigenvalue weighted by molar-refractivity contribution is -0.134. The van der Waals surface area contributed by atoms with Gasteiger partial charge in [-0.05, 0) is 37.3 Å². The Bertz CT molecular complexity index is 1160. The van der Waals surface area contributed by atoms with E-state index in [2.05, 4.69) is 10.3 Å². The first-order valence-corrected chi connectivity index (χ1v) is 13.2. The number of pyridine rings is 1. The Morgan fingerprint density at radius 1 is 1.31 bits per heavy atom. The Morgan fingerprint density at radius 2 is 2.00 bits per heavy atom. The number of likely N-dealkylation sites (N-methyl/N-ethyl adjacent to an activating group) is 1. The van der Waals surface area contributed by atoms with Gasteiger partial charge < -0.3 is 20.1 Å². The number of hydrogen-bond donors (Lipinski definition) is 2. The molecule has 3 atom stereocenters. The summed E-state index contributed by atoms with van der Waals surface area (Å²) in [6.07, 6.45) is 3.63. The summed E-state index contributed by atoms with van der Waals surface area (Å²) in [5.41, 5.74) is 1.48. The molecule has 2 amide bonds. The fraction of sp³-hybridized carbons (Fsp3) is 0.458. The van der Waals surface area contributed by atoms with Crippen LogP contribution in [0.2, 0.25) is 0 Å². The van der Waals surface area contributed by atoms with Gasteiger partial charge in [0.15, 0.2) is 0 Å². The van der Waals surface area contributed by atoms with Gasteiger partial charge in [-0.15, -0.1) is 0 Å². The van der Waals surface area contributed by atoms with Crippen LogP contribution in [0.3, 0.4) is 0 Å². The highest BCUT2D eigenvalue weighted by molar-refractivity contribution is 7.88. The molecule has 10 nitrogen and oxygen atoms in total. The number of benzene rings is 1. The SMILES string of the molecule is C[C@H]1CN([C@@H](C)CO)C(=O)Cc2cc(NC(=O)c3ccncc3)ccc2O[C@@H]1CN(C)S(C)(=O)=O. The molecule has 3 rings (SSSR count). The summed E-state index contributed by atoms with van der Waals surface area (Å²) in [4.78, 5) is 31.3. The van der Waals surface area contributed by atoms with Gasteiger partial charge in [-0.25, -0.2) is 12.7 Å². The summed E-state index contributed by atoms with van der Waals surface area (Å²) < 4.78 is 31.6. The monoisotopic (exact) mass is 504 g/mol. The molecule has 0 radical (unpaired) electrons. The van der Waals surface area contributed by atoms with E-state index in [0.29, 0.717) is 29.1 Å². The van der Waals surface area contributed by atoms with Crippen LogP contribution in [0.5, 0.6) is 5.75 Å². The van der Waals surface area contributed by atoms with Gasteiger partial charge in [0.05, 0.1) is 31.9 Å². The zero-order chi connectivity index (χ0) is 25.8. The fourth-order valence-electron chi connectivity index (χ4n) is 3.82. The number of rotatable bonds is 7. The van der Waals surface area contributed by atoms with Crippen LogP contribution >= 0.6 is 0 Å². The van der Waals surface area contributed by atoms with E-state index in [1.807, 2.05) is 6.92 Å². The molecule has 2 aromatic rings. The smallest absolute Gasteiger partial charge is 0.255 e. The van der Waals surface area contributed by atoms with Crippen molar-refractivity contribution in [3.8, 4) is 5.75 Å². The third-order valence-electron chi connectivity index (χ3n) is 6.12. The molecule has 35 heavy (non-hydrogen) atoms. The van der Waals surface area contributed by atoms with E-state index in [0.717, 1.165) is 6.26 Å². The normalized spacial score (nSPS) is 19.7. The number of carbonyl (C=O) groups excluding carboxylic acids is 2. The lowest BCUT2D eigenvalue weighted by Crippen LogP contribution is -2.48. The van der Waals surface area contributed by atoms with Crippen LogP contribution in [-0.2, 0) is 21.2 Å². The van der Waals surface area contributed by atoms with Crippen molar-refractivity contribution in [3.63, 3.8) is 0 Å². The van der Waals surface area contributed by atoms with E-state index < -0.39 is 22.2 Å². The van der Waals surface area contributed by atoms with E-state index in [1.54, 1.807) is 42.2 Å². The van der Waals surface area contributed by atoms with Crippen molar-refractivity contribution in [2.24, 2.45) is 5.92 Å². The molecule has 190 valence electrons. The zero-order valence-corrected chi connectivity index (χ0v) is 21.2. The summed E-state index contributed by atoms with van der Waals surface area (Å²) in [7, 11) is -1.96. The molecule has 0 bridgehead atoms. The summed E-state index contributed by atoms with van der Waals surface area (Å²) >= 11 is 0. The Hall–Kier alpha value is -3.02. The van der Waals surface area contributed by atoms with Crippen LogP contribution < -0.4 is 10.1 Å². The van der Waals surface area contributed by atoms with Crippen molar-refractivity contribution in [2.45, 2.75) is 32.4 Å². The number of aliphatic hydroxyl groups excluding tert-OH is 1. The number of nitrogens with one attached hydrogen (secondary N) is 1. The van der Waals surface area contributed by atoms with Crippen molar-refractivity contribution in [1.82, 2.24) is 14.2 Å². The predicted octanol–water partition coefficient (Wildman–Crippen LogP) is 1.37. The van der Waals surface area contributed by atoms with Crippen LogP contribution in [0.1, 0.15) is 29.8 Å². The highest BCUT2D eigenvalue weighted by Gasteiger charge is 2.32. The predicted molar refractivity (Wildman–Crippen MR) is 132 cm³/mol. The Kier molecular flexibility index (Phi) is 8.47. The Balaban J connectivity index is 1.96. The molecular weight excluding hydrogens is 472 g/mol. The van der Waals surface area contributed by atoms with Gasteiger partial charge in [-0.1, -0.05) is 6.92 Å². The summed E-state index contributed by atoms with van der Waals surface area (Å²) in [6.45, 7) is 3.83. The molecule has 11 heteroatoms. The van der Waals surface area contributed by atoms with Crippen molar-refractivity contribution in [1.29, 1.82) is 0 Å². The van der Waals surface area contributed by atoms with Crippen LogP contribution in [0, 0.1) is 5.92 Å². The topological polar surface area (TPSA) is 129 Å². The number of hydrogen-bond acceptors (Lipinski definition) is 7. The van der Waals surface area contributed by atoms with Crippen LogP contribution in [-0.4, -0.2) is 84.7 Å². The number of nitrogens with zero attached hydrogens (tertiary/aromatic N) is 3. The number of sulfonamides is 1. The van der Waals surface area contributed by atoms with Crippen LogP contribution in [0.4, 0.5) is 5.69 Å². The average Bonchev–Trinajstić information content (AvgIpc) is 2.86. The molecule has 0 saturated heterocycles. The molecule has 0 fully saturated rings. The van der Waals surface area contributed by atoms with Crippen molar-refractivity contribution in [2.75, 3.05) is 38.3 Å². The average molecular weight is 505 g/mol. The number of aliphatic hydroxyl groups is 1. The summed E-state index contributed by atoms with van der Waals surface area (Å²) in [5, 5.41) is 12.5. The molecule has 1 aliphatic rings. The maximum absolute atomic E-state index is 13.2. The van der Waals surface area contributed by atoms with Gasteiger partial charge in [0, 0.05) is 48.7 Å². The highest BCUT2D eigenvalue weighted by atomic mass is 32.2. The van der Waals surface area contributed by atoms with Gasteiger partial charge in [0.25, 0.3) is 5.91 Å². The number of anilines is 1. The lowest BCUT2D eigenvalue weighted by Gasteiger charge is -2.33. The van der Waals surface area contributed by atoms with E-state index in [4.69, 9.17) is 4.74 Å². The van der Waals surface area contributed by atoms with Crippen molar-refractivity contribution < 1.29 is 27.9 Å². The number of carbonyl (C=O) groups is 2. The highest BCUT2D eigenvalue weighted by Crippen LogP contribution is 2.29. The maximum atomic E-state index is 13.2. The minimum atomic E-state index is -3.44. The van der Waals surface area contributed by atoms with E-state index in [1.165, 1.54) is 23.7 Å². The molecule has 2 heterocycles. The number of aromatic nitrogens is 1. The van der Waals surface area contributed by atoms with Gasteiger partial charge >= 0.3 is 0 Å². The van der Waals surface area contributed by atoms with Crippen molar-refractivity contribution in [3.05, 3.63) is 53.9 Å². The second kappa shape index (κ2) is 11.1. The second-order valence-electron chi connectivity index (χ2n) is 8.94. The standard InChI is InChI=1S/C24H32N4O6S/c1-16-13-28(17(2)15-29)23(30)12-19-11-20(26-24(31)18-7-9-25-10-8-18)5-6-21(19)34-22(16)14-27(3)35(4,32)33/h5-11,16-17,22,29H,12-15H2,1-4H3,(H,26,31)/t16-,17-,22+/m0/s1. The maximum Gasteiger partial charge on any atom is 0.255 e.